The van der Waals surface area contributed by atoms with Crippen LogP contribution in [0.1, 0.15) is 5.56 Å². The molecule has 0 spiro atoms. The van der Waals surface area contributed by atoms with E-state index in [0.717, 1.165) is 17.8 Å². The number of rotatable bonds is 3. The van der Waals surface area contributed by atoms with Crippen molar-refractivity contribution in [3.63, 3.8) is 0 Å². The molecule has 23 heavy (non-hydrogen) atoms. The number of ether oxygens (including phenoxy) is 1. The second kappa shape index (κ2) is 5.75. The first kappa shape index (κ1) is 15.1. The quantitative estimate of drug-likeness (QED) is 0.723. The topological polar surface area (TPSA) is 39.9 Å². The molecule has 0 N–H and O–H groups in total. The number of hydrogen-bond donors (Lipinski definition) is 0. The fourth-order valence-corrected chi connectivity index (χ4v) is 2.13. The van der Waals surface area contributed by atoms with Crippen LogP contribution in [0.2, 0.25) is 0 Å². The Morgan fingerprint density at radius 1 is 1.00 bits per heavy atom. The second-order valence-corrected chi connectivity index (χ2v) is 4.82. The van der Waals surface area contributed by atoms with E-state index < -0.39 is 11.7 Å². The number of aromatic nitrogens is 3. The normalized spacial score (nSPS) is 11.5. The summed E-state index contributed by atoms with van der Waals surface area (Å²) < 4.78 is 45.0. The molecule has 2 aromatic heterocycles. The van der Waals surface area contributed by atoms with Gasteiger partial charge in [-0.3, -0.25) is 4.68 Å². The van der Waals surface area contributed by atoms with Crippen molar-refractivity contribution >= 4 is 0 Å². The predicted octanol–water partition coefficient (Wildman–Crippen LogP) is 4.29. The van der Waals surface area contributed by atoms with E-state index in [1.807, 2.05) is 6.07 Å². The van der Waals surface area contributed by atoms with Crippen LogP contribution in [-0.4, -0.2) is 14.8 Å². The first-order valence-electron chi connectivity index (χ1n) is 6.73. The van der Waals surface area contributed by atoms with Gasteiger partial charge in [0.05, 0.1) is 16.8 Å². The third-order valence-electron chi connectivity index (χ3n) is 3.26. The molecule has 0 radical (unpaired) electrons. The third kappa shape index (κ3) is 3.18. The molecule has 0 fully saturated rings. The number of nitrogens with zero attached hydrogens (tertiary/aromatic N) is 3. The van der Waals surface area contributed by atoms with Crippen molar-refractivity contribution in [2.75, 3.05) is 0 Å². The van der Waals surface area contributed by atoms with Crippen molar-refractivity contribution in [2.45, 2.75) is 6.18 Å². The van der Waals surface area contributed by atoms with E-state index >= 15 is 0 Å². The highest BCUT2D eigenvalue weighted by Gasteiger charge is 2.30. The summed E-state index contributed by atoms with van der Waals surface area (Å²) in [5, 5.41) is 4.09. The van der Waals surface area contributed by atoms with Crippen molar-refractivity contribution < 1.29 is 17.9 Å². The Hall–Kier alpha value is -2.83. The largest absolute Gasteiger partial charge is 0.438 e. The van der Waals surface area contributed by atoms with Crippen molar-refractivity contribution in [3.8, 4) is 22.9 Å². The highest BCUT2D eigenvalue weighted by atomic mass is 19.4. The molecule has 0 aliphatic rings. The Morgan fingerprint density at radius 3 is 2.35 bits per heavy atom. The number of aryl methyl sites for hydroxylation is 1. The fourth-order valence-electron chi connectivity index (χ4n) is 2.13. The molecule has 118 valence electrons. The van der Waals surface area contributed by atoms with Gasteiger partial charge in [-0.25, -0.2) is 4.98 Å². The monoisotopic (exact) mass is 319 g/mol. The Balaban J connectivity index is 1.91. The molecule has 2 heterocycles. The van der Waals surface area contributed by atoms with Crippen LogP contribution in [0.4, 0.5) is 13.2 Å². The van der Waals surface area contributed by atoms with Crippen molar-refractivity contribution in [2.24, 2.45) is 7.05 Å². The molecule has 7 heteroatoms. The molecule has 0 saturated carbocycles. The lowest BCUT2D eigenvalue weighted by atomic mass is 10.2. The predicted molar refractivity (Wildman–Crippen MR) is 78.0 cm³/mol. The molecule has 4 nitrogen and oxygen atoms in total. The van der Waals surface area contributed by atoms with Gasteiger partial charge in [0, 0.05) is 19.4 Å². The van der Waals surface area contributed by atoms with E-state index in [1.54, 1.807) is 36.3 Å². The van der Waals surface area contributed by atoms with Crippen LogP contribution in [0.25, 0.3) is 11.3 Å². The Labute approximate surface area is 130 Å². The number of pyridine rings is 1. The minimum Gasteiger partial charge on any atom is -0.438 e. The van der Waals surface area contributed by atoms with Crippen LogP contribution in [0.5, 0.6) is 11.6 Å². The lowest BCUT2D eigenvalue weighted by molar-refractivity contribution is -0.137. The van der Waals surface area contributed by atoms with Gasteiger partial charge in [0.1, 0.15) is 5.75 Å². The summed E-state index contributed by atoms with van der Waals surface area (Å²) in [5.74, 6) is 0.580. The summed E-state index contributed by atoms with van der Waals surface area (Å²) in [6, 6.07) is 9.85. The zero-order valence-corrected chi connectivity index (χ0v) is 12.1. The summed E-state index contributed by atoms with van der Waals surface area (Å²) >= 11 is 0. The van der Waals surface area contributed by atoms with Crippen LogP contribution < -0.4 is 4.74 Å². The van der Waals surface area contributed by atoms with E-state index in [2.05, 4.69) is 10.1 Å². The molecule has 0 atom stereocenters. The zero-order chi connectivity index (χ0) is 16.4. The molecule has 1 aromatic carbocycles. The second-order valence-electron chi connectivity index (χ2n) is 4.82. The summed E-state index contributed by atoms with van der Waals surface area (Å²) in [5.41, 5.74) is 0.769. The van der Waals surface area contributed by atoms with Crippen LogP contribution >= 0.6 is 0 Å². The average Bonchev–Trinajstić information content (AvgIpc) is 2.93. The number of benzene rings is 1. The Kier molecular flexibility index (Phi) is 3.77. The standard InChI is InChI=1S/C16H12F3N3O/c1-22-14(8-10-21-22)13-3-2-9-20-15(13)23-12-6-4-11(5-7-12)16(17,18)19/h2-10H,1H3. The van der Waals surface area contributed by atoms with Gasteiger partial charge in [-0.15, -0.1) is 0 Å². The van der Waals surface area contributed by atoms with Crippen LogP contribution in [0.15, 0.2) is 54.9 Å². The molecular weight excluding hydrogens is 307 g/mol. The van der Waals surface area contributed by atoms with Crippen molar-refractivity contribution in [1.82, 2.24) is 14.8 Å². The molecule has 0 aliphatic carbocycles. The Bertz CT molecular complexity index is 810. The van der Waals surface area contributed by atoms with E-state index in [-0.39, 0.29) is 5.75 Å². The maximum atomic E-state index is 12.6. The molecule has 0 amide bonds. The highest BCUT2D eigenvalue weighted by molar-refractivity contribution is 5.65. The van der Waals surface area contributed by atoms with E-state index in [4.69, 9.17) is 4.74 Å². The summed E-state index contributed by atoms with van der Waals surface area (Å²) in [6.45, 7) is 0. The van der Waals surface area contributed by atoms with Gasteiger partial charge in [0.15, 0.2) is 0 Å². The first-order valence-corrected chi connectivity index (χ1v) is 6.73. The smallest absolute Gasteiger partial charge is 0.416 e. The lowest BCUT2D eigenvalue weighted by Gasteiger charge is -2.11. The zero-order valence-electron chi connectivity index (χ0n) is 12.1. The molecule has 0 unspecified atom stereocenters. The van der Waals surface area contributed by atoms with E-state index in [0.29, 0.717) is 11.4 Å². The Morgan fingerprint density at radius 2 is 1.74 bits per heavy atom. The maximum absolute atomic E-state index is 12.6. The molecule has 0 aliphatic heterocycles. The highest BCUT2D eigenvalue weighted by Crippen LogP contribution is 2.33. The van der Waals surface area contributed by atoms with E-state index in [1.165, 1.54) is 12.1 Å². The lowest BCUT2D eigenvalue weighted by Crippen LogP contribution is -2.04. The van der Waals surface area contributed by atoms with Gasteiger partial charge >= 0.3 is 6.18 Å². The number of hydrogen-bond acceptors (Lipinski definition) is 3. The summed E-state index contributed by atoms with van der Waals surface area (Å²) in [4.78, 5) is 4.16. The minimum atomic E-state index is -4.37. The van der Waals surface area contributed by atoms with Crippen LogP contribution in [-0.2, 0) is 13.2 Å². The SMILES string of the molecule is Cn1nccc1-c1cccnc1Oc1ccc(C(F)(F)F)cc1. The molecule has 0 saturated heterocycles. The summed E-state index contributed by atoms with van der Waals surface area (Å²) in [6.07, 6.45) is -1.17. The van der Waals surface area contributed by atoms with Crippen LogP contribution in [0.3, 0.4) is 0 Å². The van der Waals surface area contributed by atoms with Gasteiger partial charge in [-0.2, -0.15) is 18.3 Å². The summed E-state index contributed by atoms with van der Waals surface area (Å²) in [7, 11) is 1.78. The molecule has 3 rings (SSSR count). The van der Waals surface area contributed by atoms with Gasteiger partial charge < -0.3 is 4.74 Å². The van der Waals surface area contributed by atoms with Crippen LogP contribution in [0, 0.1) is 0 Å². The minimum absolute atomic E-state index is 0.278. The molecule has 0 bridgehead atoms. The molecular formula is C16H12F3N3O. The van der Waals surface area contributed by atoms with E-state index in [9.17, 15) is 13.2 Å². The first-order chi connectivity index (χ1) is 10.9. The maximum Gasteiger partial charge on any atom is 0.416 e. The van der Waals surface area contributed by atoms with Crippen molar-refractivity contribution in [3.05, 3.63) is 60.4 Å². The average molecular weight is 319 g/mol. The number of halogens is 3. The van der Waals surface area contributed by atoms with Gasteiger partial charge in [-0.05, 0) is 42.5 Å². The molecule has 3 aromatic rings. The van der Waals surface area contributed by atoms with Gasteiger partial charge in [-0.1, -0.05) is 0 Å². The number of alkyl halides is 3. The van der Waals surface area contributed by atoms with Crippen molar-refractivity contribution in [1.29, 1.82) is 0 Å². The van der Waals surface area contributed by atoms with Gasteiger partial charge in [0.25, 0.3) is 0 Å². The third-order valence-corrected chi connectivity index (χ3v) is 3.26. The fraction of sp³-hybridized carbons (Fsp3) is 0.125. The van der Waals surface area contributed by atoms with Gasteiger partial charge in [0.2, 0.25) is 5.88 Å².